The van der Waals surface area contributed by atoms with E-state index in [2.05, 4.69) is 0 Å². The second-order valence-corrected chi connectivity index (χ2v) is 6.08. The van der Waals surface area contributed by atoms with Gasteiger partial charge in [0, 0.05) is 14.1 Å². The van der Waals surface area contributed by atoms with Gasteiger partial charge in [-0.25, -0.2) is 17.5 Å². The number of carbonyl (C=O) groups excluding carboxylic acids is 2. The molecule has 2 amide bonds. The van der Waals surface area contributed by atoms with E-state index in [-0.39, 0.29) is 55.7 Å². The van der Waals surface area contributed by atoms with E-state index < -0.39 is 46.5 Å². The largest absolute Gasteiger partial charge is 1.00 e. The molecule has 0 aromatic carbocycles. The molecule has 0 radical (unpaired) electrons. The van der Waals surface area contributed by atoms with Crippen LogP contribution in [0.25, 0.3) is 0 Å². The Hall–Kier alpha value is 0.246. The van der Waals surface area contributed by atoms with Crippen molar-refractivity contribution in [3.8, 4) is 0 Å². The molecule has 4 atom stereocenters. The van der Waals surface area contributed by atoms with Gasteiger partial charge in [-0.15, -0.1) is 0 Å². The van der Waals surface area contributed by atoms with Gasteiger partial charge >= 0.3 is 57.5 Å². The molecule has 1 heterocycles. The van der Waals surface area contributed by atoms with Crippen molar-refractivity contribution in [1.82, 2.24) is 9.21 Å². The van der Waals surface area contributed by atoms with Crippen LogP contribution in [0.3, 0.4) is 0 Å². The van der Waals surface area contributed by atoms with Crippen LogP contribution in [0.2, 0.25) is 0 Å². The maximum atomic E-state index is 11.6. The Balaban J connectivity index is 0.00000400. The average Bonchev–Trinajstić information content (AvgIpc) is 2.22. The van der Waals surface area contributed by atoms with Gasteiger partial charge in [0.2, 0.25) is 5.91 Å². The first-order chi connectivity index (χ1) is 8.98. The Bertz CT molecular complexity index is 508. The molecular formula is C10H17KN2O7S. The van der Waals surface area contributed by atoms with E-state index >= 15 is 0 Å². The summed E-state index contributed by atoms with van der Waals surface area (Å²) < 4.78 is 38.2. The standard InChI is InChI=1S/C10H18N2O7S.K/c1-5(13)7-8(6(2)19-10(15)11(3)4)12(9(7)14)20(16,17)18;/h5-8,13H,1-4H3,(H,16,17,18);/q;+1/p-1/t5-,6+,7-,8-;/m1./s1. The smallest absolute Gasteiger partial charge is 0.731 e. The van der Waals surface area contributed by atoms with Gasteiger partial charge in [-0.2, -0.15) is 0 Å². The SMILES string of the molecule is C[C@H](OC(=O)N(C)C)[C@@H]1[C@@H]([C@@H](C)O)C(=O)N1S(=O)(=O)[O-].[K+]. The third kappa shape index (κ3) is 4.61. The summed E-state index contributed by atoms with van der Waals surface area (Å²) in [5, 5.41) is 9.49. The summed E-state index contributed by atoms with van der Waals surface area (Å²) in [7, 11) is -2.16. The Morgan fingerprint density at radius 3 is 2.24 bits per heavy atom. The summed E-state index contributed by atoms with van der Waals surface area (Å²) in [4.78, 5) is 24.2. The predicted molar refractivity (Wildman–Crippen MR) is 65.1 cm³/mol. The molecular weight excluding hydrogens is 331 g/mol. The van der Waals surface area contributed by atoms with Crippen molar-refractivity contribution in [3.63, 3.8) is 0 Å². The zero-order valence-electron chi connectivity index (χ0n) is 12.5. The minimum Gasteiger partial charge on any atom is -0.731 e. The maximum absolute atomic E-state index is 11.6. The molecule has 0 spiro atoms. The summed E-state index contributed by atoms with van der Waals surface area (Å²) in [5.74, 6) is -2.09. The molecule has 1 aliphatic rings. The van der Waals surface area contributed by atoms with E-state index in [1.54, 1.807) is 0 Å². The third-order valence-corrected chi connectivity index (χ3v) is 3.94. The van der Waals surface area contributed by atoms with Gasteiger partial charge in [0.05, 0.1) is 18.1 Å². The molecule has 0 saturated carbocycles. The van der Waals surface area contributed by atoms with Crippen molar-refractivity contribution in [1.29, 1.82) is 0 Å². The average molecular weight is 348 g/mol. The van der Waals surface area contributed by atoms with E-state index in [0.717, 1.165) is 4.90 Å². The summed E-state index contributed by atoms with van der Waals surface area (Å²) >= 11 is 0. The fourth-order valence-electron chi connectivity index (χ4n) is 2.07. The molecule has 1 N–H and O–H groups in total. The number of aliphatic hydroxyl groups is 1. The number of carbonyl (C=O) groups is 2. The van der Waals surface area contributed by atoms with Crippen molar-refractivity contribution in [2.45, 2.75) is 32.1 Å². The zero-order valence-corrected chi connectivity index (χ0v) is 16.4. The number of hydrogen-bond acceptors (Lipinski definition) is 7. The number of amides is 2. The van der Waals surface area contributed by atoms with E-state index in [4.69, 9.17) is 4.74 Å². The van der Waals surface area contributed by atoms with Crippen molar-refractivity contribution in [2.24, 2.45) is 5.92 Å². The molecule has 21 heavy (non-hydrogen) atoms. The molecule has 0 aliphatic carbocycles. The topological polar surface area (TPSA) is 127 Å². The molecule has 0 unspecified atom stereocenters. The van der Waals surface area contributed by atoms with Crippen LogP contribution in [0.15, 0.2) is 0 Å². The number of hydrogen-bond donors (Lipinski definition) is 1. The van der Waals surface area contributed by atoms with Crippen LogP contribution in [0.5, 0.6) is 0 Å². The minimum absolute atomic E-state index is 0. The Morgan fingerprint density at radius 2 is 1.90 bits per heavy atom. The Labute approximate surface area is 165 Å². The monoisotopic (exact) mass is 348 g/mol. The van der Waals surface area contributed by atoms with Crippen molar-refractivity contribution < 1.29 is 83.8 Å². The number of aliphatic hydroxyl groups excluding tert-OH is 1. The summed E-state index contributed by atoms with van der Waals surface area (Å²) in [6.07, 6.45) is -2.96. The minimum atomic E-state index is -5.01. The molecule has 1 aliphatic heterocycles. The first kappa shape index (κ1) is 21.2. The summed E-state index contributed by atoms with van der Waals surface area (Å²) in [6.45, 7) is 2.65. The summed E-state index contributed by atoms with van der Waals surface area (Å²) in [5.41, 5.74) is 0. The molecule has 11 heteroatoms. The summed E-state index contributed by atoms with van der Waals surface area (Å²) in [6, 6.07) is -1.20. The van der Waals surface area contributed by atoms with Crippen molar-refractivity contribution in [3.05, 3.63) is 0 Å². The first-order valence-electron chi connectivity index (χ1n) is 5.83. The fourth-order valence-corrected chi connectivity index (χ4v) is 3.01. The molecule has 1 saturated heterocycles. The normalized spacial score (nSPS) is 24.5. The van der Waals surface area contributed by atoms with Gasteiger partial charge < -0.3 is 19.3 Å². The van der Waals surface area contributed by atoms with Gasteiger partial charge in [-0.3, -0.25) is 4.79 Å². The van der Waals surface area contributed by atoms with Gasteiger partial charge in [0.1, 0.15) is 6.10 Å². The molecule has 0 bridgehead atoms. The number of β-lactam (4-membered cyclic amide) rings is 1. The third-order valence-electron chi connectivity index (χ3n) is 3.03. The molecule has 0 aromatic rings. The second kappa shape index (κ2) is 7.68. The van der Waals surface area contributed by atoms with Crippen LogP contribution in [0, 0.1) is 5.92 Å². The van der Waals surface area contributed by atoms with E-state index in [1.807, 2.05) is 0 Å². The number of rotatable bonds is 4. The Kier molecular flexibility index (Phi) is 7.77. The predicted octanol–water partition coefficient (Wildman–Crippen LogP) is -4.25. The molecule has 0 aromatic heterocycles. The zero-order chi connectivity index (χ0) is 15.8. The molecule has 116 valence electrons. The van der Waals surface area contributed by atoms with Crippen LogP contribution in [-0.4, -0.2) is 71.6 Å². The van der Waals surface area contributed by atoms with Crippen LogP contribution in [-0.2, 0) is 19.8 Å². The molecule has 1 fully saturated rings. The fraction of sp³-hybridized carbons (Fsp3) is 0.800. The van der Waals surface area contributed by atoms with Gasteiger partial charge in [-0.1, -0.05) is 0 Å². The van der Waals surface area contributed by atoms with Crippen molar-refractivity contribution in [2.75, 3.05) is 14.1 Å². The second-order valence-electron chi connectivity index (χ2n) is 4.83. The number of nitrogens with zero attached hydrogens (tertiary/aromatic N) is 2. The molecule has 1 rings (SSSR count). The van der Waals surface area contributed by atoms with Crippen LogP contribution in [0.1, 0.15) is 13.8 Å². The van der Waals surface area contributed by atoms with Gasteiger partial charge in [0.25, 0.3) is 0 Å². The van der Waals surface area contributed by atoms with E-state index in [0.29, 0.717) is 0 Å². The number of ether oxygens (including phenoxy) is 1. The van der Waals surface area contributed by atoms with E-state index in [1.165, 1.54) is 27.9 Å². The molecule has 9 nitrogen and oxygen atoms in total. The van der Waals surface area contributed by atoms with Crippen LogP contribution in [0.4, 0.5) is 4.79 Å². The first-order valence-corrected chi connectivity index (χ1v) is 7.20. The van der Waals surface area contributed by atoms with Gasteiger partial charge in [0.15, 0.2) is 10.3 Å². The van der Waals surface area contributed by atoms with Crippen LogP contribution >= 0.6 is 0 Å². The van der Waals surface area contributed by atoms with Crippen molar-refractivity contribution >= 4 is 22.3 Å². The quantitative estimate of drug-likeness (QED) is 0.310. The van der Waals surface area contributed by atoms with Crippen LogP contribution < -0.4 is 51.4 Å². The van der Waals surface area contributed by atoms with Gasteiger partial charge in [-0.05, 0) is 13.8 Å². The Morgan fingerprint density at radius 1 is 1.43 bits per heavy atom. The van der Waals surface area contributed by atoms with E-state index in [9.17, 15) is 27.7 Å². The maximum Gasteiger partial charge on any atom is 1.00 e.